The van der Waals surface area contributed by atoms with Gasteiger partial charge < -0.3 is 4.74 Å². The Morgan fingerprint density at radius 3 is 2.79 bits per heavy atom. The second kappa shape index (κ2) is 8.59. The summed E-state index contributed by atoms with van der Waals surface area (Å²) in [7, 11) is 0. The molecule has 1 N–H and O–H groups in total. The highest BCUT2D eigenvalue weighted by Gasteiger charge is 2.07. The fourth-order valence-electron chi connectivity index (χ4n) is 2.02. The van der Waals surface area contributed by atoms with E-state index in [1.54, 1.807) is 6.08 Å². The minimum absolute atomic E-state index is 0.116. The van der Waals surface area contributed by atoms with Gasteiger partial charge in [0.15, 0.2) is 0 Å². The summed E-state index contributed by atoms with van der Waals surface area (Å²) < 4.78 is 5.64. The van der Waals surface area contributed by atoms with Crippen molar-refractivity contribution in [3.63, 3.8) is 0 Å². The predicted octanol–water partition coefficient (Wildman–Crippen LogP) is 4.18. The third kappa shape index (κ3) is 6.12. The zero-order chi connectivity index (χ0) is 17.5. The summed E-state index contributed by atoms with van der Waals surface area (Å²) in [6, 6.07) is 7.62. The summed E-state index contributed by atoms with van der Waals surface area (Å²) in [5.74, 6) is 1.08. The summed E-state index contributed by atoms with van der Waals surface area (Å²) >= 11 is 1.41. The van der Waals surface area contributed by atoms with Crippen molar-refractivity contribution in [2.24, 2.45) is 5.92 Å². The average Bonchev–Trinajstić information content (AvgIpc) is 2.91. The van der Waals surface area contributed by atoms with Gasteiger partial charge in [-0.3, -0.25) is 10.1 Å². The van der Waals surface area contributed by atoms with Crippen molar-refractivity contribution in [2.75, 3.05) is 5.32 Å². The zero-order valence-corrected chi connectivity index (χ0v) is 15.3. The molecule has 1 amide bonds. The predicted molar refractivity (Wildman–Crippen MR) is 98.3 cm³/mol. The van der Waals surface area contributed by atoms with E-state index in [0.717, 1.165) is 22.7 Å². The SMILES string of the molecule is CC(C)Cc1nnc(NC(=O)/C=C/c2cccc(OC(C)C)c2)s1. The minimum atomic E-state index is -0.225. The minimum Gasteiger partial charge on any atom is -0.491 e. The third-order valence-corrected chi connectivity index (χ3v) is 3.80. The van der Waals surface area contributed by atoms with Crippen LogP contribution in [0.5, 0.6) is 5.75 Å². The van der Waals surface area contributed by atoms with E-state index in [0.29, 0.717) is 11.0 Å². The van der Waals surface area contributed by atoms with Gasteiger partial charge in [0.05, 0.1) is 6.10 Å². The Morgan fingerprint density at radius 2 is 2.08 bits per heavy atom. The number of ether oxygens (including phenoxy) is 1. The molecule has 0 unspecified atom stereocenters. The molecular weight excluding hydrogens is 322 g/mol. The van der Waals surface area contributed by atoms with E-state index < -0.39 is 0 Å². The molecule has 0 aliphatic carbocycles. The van der Waals surface area contributed by atoms with E-state index in [4.69, 9.17) is 4.74 Å². The van der Waals surface area contributed by atoms with Crippen molar-refractivity contribution in [1.29, 1.82) is 0 Å². The van der Waals surface area contributed by atoms with Crippen molar-refractivity contribution in [1.82, 2.24) is 10.2 Å². The molecule has 0 radical (unpaired) electrons. The molecule has 0 spiro atoms. The van der Waals surface area contributed by atoms with Crippen LogP contribution in [0.1, 0.15) is 38.3 Å². The number of anilines is 1. The van der Waals surface area contributed by atoms with Crippen LogP contribution in [0.25, 0.3) is 6.08 Å². The molecule has 24 heavy (non-hydrogen) atoms. The molecular formula is C18H23N3O2S. The Balaban J connectivity index is 1.94. The average molecular weight is 345 g/mol. The van der Waals surface area contributed by atoms with Crippen LogP contribution in [-0.4, -0.2) is 22.2 Å². The molecule has 5 nitrogen and oxygen atoms in total. The summed E-state index contributed by atoms with van der Waals surface area (Å²) in [4.78, 5) is 12.0. The molecule has 1 aromatic heterocycles. The zero-order valence-electron chi connectivity index (χ0n) is 14.4. The second-order valence-electron chi connectivity index (χ2n) is 6.16. The Morgan fingerprint density at radius 1 is 1.29 bits per heavy atom. The van der Waals surface area contributed by atoms with Gasteiger partial charge >= 0.3 is 0 Å². The Bertz CT molecular complexity index is 708. The van der Waals surface area contributed by atoms with Crippen LogP contribution in [0.15, 0.2) is 30.3 Å². The molecule has 0 aliphatic heterocycles. The smallest absolute Gasteiger partial charge is 0.250 e. The van der Waals surface area contributed by atoms with Gasteiger partial charge in [-0.25, -0.2) is 0 Å². The molecule has 0 bridgehead atoms. The molecule has 6 heteroatoms. The molecule has 0 atom stereocenters. The van der Waals surface area contributed by atoms with E-state index in [1.165, 1.54) is 17.4 Å². The van der Waals surface area contributed by atoms with Gasteiger partial charge in [0, 0.05) is 12.5 Å². The lowest BCUT2D eigenvalue weighted by Crippen LogP contribution is -2.07. The quantitative estimate of drug-likeness (QED) is 0.765. The number of carbonyl (C=O) groups excluding carboxylic acids is 1. The number of hydrogen-bond donors (Lipinski definition) is 1. The lowest BCUT2D eigenvalue weighted by molar-refractivity contribution is -0.111. The van der Waals surface area contributed by atoms with Gasteiger partial charge in [-0.2, -0.15) is 0 Å². The highest BCUT2D eigenvalue weighted by molar-refractivity contribution is 7.15. The summed E-state index contributed by atoms with van der Waals surface area (Å²) in [5.41, 5.74) is 0.904. The second-order valence-corrected chi connectivity index (χ2v) is 7.22. The number of amides is 1. The van der Waals surface area contributed by atoms with Gasteiger partial charge in [-0.05, 0) is 43.5 Å². The molecule has 128 valence electrons. The van der Waals surface area contributed by atoms with Crippen LogP contribution < -0.4 is 10.1 Å². The molecule has 0 aliphatic rings. The first-order chi connectivity index (χ1) is 11.4. The fourth-order valence-corrected chi connectivity index (χ4v) is 2.97. The van der Waals surface area contributed by atoms with Crippen LogP contribution in [0.2, 0.25) is 0 Å². The van der Waals surface area contributed by atoms with Crippen molar-refractivity contribution >= 4 is 28.5 Å². The van der Waals surface area contributed by atoms with Crippen molar-refractivity contribution in [3.8, 4) is 5.75 Å². The topological polar surface area (TPSA) is 64.1 Å². The van der Waals surface area contributed by atoms with E-state index in [2.05, 4.69) is 29.4 Å². The van der Waals surface area contributed by atoms with Gasteiger partial charge in [0.2, 0.25) is 11.0 Å². The molecule has 0 saturated carbocycles. The monoisotopic (exact) mass is 345 g/mol. The maximum atomic E-state index is 12.0. The summed E-state index contributed by atoms with van der Waals surface area (Å²) in [6.07, 6.45) is 4.22. The lowest BCUT2D eigenvalue weighted by atomic mass is 10.1. The molecule has 1 heterocycles. The number of benzene rings is 1. The highest BCUT2D eigenvalue weighted by atomic mass is 32.1. The summed E-state index contributed by atoms with van der Waals surface area (Å²) in [5, 5.41) is 12.3. The van der Waals surface area contributed by atoms with Crippen molar-refractivity contribution in [3.05, 3.63) is 40.9 Å². The van der Waals surface area contributed by atoms with E-state index in [-0.39, 0.29) is 12.0 Å². The van der Waals surface area contributed by atoms with E-state index in [1.807, 2.05) is 38.1 Å². The van der Waals surface area contributed by atoms with Crippen LogP contribution in [0.3, 0.4) is 0 Å². The largest absolute Gasteiger partial charge is 0.491 e. The van der Waals surface area contributed by atoms with Crippen LogP contribution in [0.4, 0.5) is 5.13 Å². The van der Waals surface area contributed by atoms with E-state index >= 15 is 0 Å². The normalized spacial score (nSPS) is 11.4. The molecule has 0 saturated heterocycles. The number of aromatic nitrogens is 2. The fraction of sp³-hybridized carbons (Fsp3) is 0.389. The highest BCUT2D eigenvalue weighted by Crippen LogP contribution is 2.19. The maximum absolute atomic E-state index is 12.0. The van der Waals surface area contributed by atoms with Gasteiger partial charge in [-0.1, -0.05) is 37.3 Å². The lowest BCUT2D eigenvalue weighted by Gasteiger charge is -2.09. The number of nitrogens with zero attached hydrogens (tertiary/aromatic N) is 2. The Labute approximate surface area is 146 Å². The van der Waals surface area contributed by atoms with E-state index in [9.17, 15) is 4.79 Å². The van der Waals surface area contributed by atoms with Crippen LogP contribution in [-0.2, 0) is 11.2 Å². The van der Waals surface area contributed by atoms with Crippen LogP contribution in [0, 0.1) is 5.92 Å². The number of hydrogen-bond acceptors (Lipinski definition) is 5. The third-order valence-electron chi connectivity index (χ3n) is 2.94. The number of nitrogens with one attached hydrogen (secondary N) is 1. The molecule has 1 aromatic carbocycles. The Hall–Kier alpha value is -2.21. The van der Waals surface area contributed by atoms with Gasteiger partial charge in [0.25, 0.3) is 0 Å². The molecule has 2 rings (SSSR count). The first-order valence-electron chi connectivity index (χ1n) is 8.00. The van der Waals surface area contributed by atoms with Crippen molar-refractivity contribution in [2.45, 2.75) is 40.2 Å². The van der Waals surface area contributed by atoms with Crippen LogP contribution >= 0.6 is 11.3 Å². The number of carbonyl (C=O) groups is 1. The first-order valence-corrected chi connectivity index (χ1v) is 8.82. The molecule has 0 fully saturated rings. The van der Waals surface area contributed by atoms with Crippen molar-refractivity contribution < 1.29 is 9.53 Å². The Kier molecular flexibility index (Phi) is 6.49. The standard InChI is InChI=1S/C18H23N3O2S/c1-12(2)10-17-20-21-18(24-17)19-16(22)9-8-14-6-5-7-15(11-14)23-13(3)4/h5-9,11-13H,10H2,1-4H3,(H,19,21,22)/b9-8+. The summed E-state index contributed by atoms with van der Waals surface area (Å²) in [6.45, 7) is 8.20. The molecule has 2 aromatic rings. The first kappa shape index (κ1) is 18.1. The van der Waals surface area contributed by atoms with Gasteiger partial charge in [-0.15, -0.1) is 10.2 Å². The maximum Gasteiger partial charge on any atom is 0.250 e. The van der Waals surface area contributed by atoms with Gasteiger partial charge in [0.1, 0.15) is 10.8 Å². The number of rotatable bonds is 7.